The molecule has 0 aromatic heterocycles. The molecule has 0 saturated carbocycles. The summed E-state index contributed by atoms with van der Waals surface area (Å²) in [4.78, 5) is 11.4. The Morgan fingerprint density at radius 1 is 1.41 bits per heavy atom. The lowest BCUT2D eigenvalue weighted by Gasteiger charge is -2.12. The van der Waals surface area contributed by atoms with E-state index < -0.39 is 6.03 Å². The molecule has 0 fully saturated rings. The molecule has 0 saturated heterocycles. The predicted octanol–water partition coefficient (Wildman–Crippen LogP) is 2.13. The number of anilines is 1. The second kappa shape index (κ2) is 5.34. The van der Waals surface area contributed by atoms with Crippen molar-refractivity contribution in [3.8, 4) is 0 Å². The van der Waals surface area contributed by atoms with Gasteiger partial charge in [-0.15, -0.1) is 0 Å². The minimum atomic E-state index is -0.502. The number of guanidine groups is 1. The zero-order chi connectivity index (χ0) is 13.0. The predicted molar refractivity (Wildman–Crippen MR) is 69.3 cm³/mol. The number of carbonyl (C=O) groups is 1. The Balaban J connectivity index is 2.79. The van der Waals surface area contributed by atoms with Crippen LogP contribution in [0.15, 0.2) is 18.2 Å². The number of hydrogen-bond acceptors (Lipinski definition) is 2. The molecule has 5 N–H and O–H groups in total. The maximum Gasteiger partial charge on any atom is 0.325 e. The maximum absolute atomic E-state index is 11.4. The van der Waals surface area contributed by atoms with Crippen LogP contribution >= 0.6 is 0 Å². The van der Waals surface area contributed by atoms with Crippen LogP contribution in [-0.4, -0.2) is 12.0 Å². The van der Waals surface area contributed by atoms with E-state index >= 15 is 0 Å². The van der Waals surface area contributed by atoms with Gasteiger partial charge >= 0.3 is 6.03 Å². The van der Waals surface area contributed by atoms with Gasteiger partial charge in [-0.05, 0) is 30.0 Å². The van der Waals surface area contributed by atoms with E-state index in [9.17, 15) is 4.79 Å². The average Bonchev–Trinajstić information content (AvgIpc) is 2.19. The molecule has 1 aromatic carbocycles. The molecule has 0 aliphatic heterocycles. The van der Waals surface area contributed by atoms with E-state index in [1.54, 1.807) is 0 Å². The van der Waals surface area contributed by atoms with Crippen LogP contribution < -0.4 is 16.4 Å². The highest BCUT2D eigenvalue weighted by Gasteiger charge is 2.06. The lowest BCUT2D eigenvalue weighted by atomic mass is 10.0. The van der Waals surface area contributed by atoms with E-state index in [2.05, 4.69) is 24.5 Å². The second-order valence-electron chi connectivity index (χ2n) is 4.22. The van der Waals surface area contributed by atoms with Crippen LogP contribution in [0.2, 0.25) is 0 Å². The number of benzene rings is 1. The zero-order valence-corrected chi connectivity index (χ0v) is 10.3. The van der Waals surface area contributed by atoms with E-state index in [4.69, 9.17) is 11.1 Å². The Bertz CT molecular complexity index is 440. The summed E-state index contributed by atoms with van der Waals surface area (Å²) in [6, 6.07) is 5.36. The second-order valence-corrected chi connectivity index (χ2v) is 4.22. The normalized spacial score (nSPS) is 10.1. The first kappa shape index (κ1) is 13.0. The van der Waals surface area contributed by atoms with Crippen LogP contribution in [0.25, 0.3) is 0 Å². The quantitative estimate of drug-likeness (QED) is 0.466. The van der Waals surface area contributed by atoms with E-state index in [1.807, 2.05) is 25.1 Å². The Kier molecular flexibility index (Phi) is 4.09. The van der Waals surface area contributed by atoms with Crippen molar-refractivity contribution in [1.29, 1.82) is 5.41 Å². The van der Waals surface area contributed by atoms with Crippen molar-refractivity contribution < 1.29 is 4.79 Å². The fourth-order valence-electron chi connectivity index (χ4n) is 1.46. The third kappa shape index (κ3) is 3.79. The molecule has 5 nitrogen and oxygen atoms in total. The molecule has 0 aliphatic rings. The summed E-state index contributed by atoms with van der Waals surface area (Å²) in [6.45, 7) is 6.16. The van der Waals surface area contributed by atoms with E-state index in [-0.39, 0.29) is 5.96 Å². The van der Waals surface area contributed by atoms with Gasteiger partial charge in [-0.25, -0.2) is 4.79 Å². The Morgan fingerprint density at radius 3 is 2.53 bits per heavy atom. The molecule has 0 spiro atoms. The highest BCUT2D eigenvalue weighted by Crippen LogP contribution is 2.21. The number of nitrogens with two attached hydrogens (primary N) is 1. The van der Waals surface area contributed by atoms with Crippen LogP contribution in [0.3, 0.4) is 0 Å². The lowest BCUT2D eigenvalue weighted by Crippen LogP contribution is -2.38. The van der Waals surface area contributed by atoms with Crippen molar-refractivity contribution in [1.82, 2.24) is 5.32 Å². The van der Waals surface area contributed by atoms with Crippen LogP contribution in [0.1, 0.15) is 30.9 Å². The lowest BCUT2D eigenvalue weighted by molar-refractivity contribution is 0.256. The smallest absolute Gasteiger partial charge is 0.325 e. The van der Waals surface area contributed by atoms with Crippen LogP contribution in [0.4, 0.5) is 10.5 Å². The minimum Gasteiger partial charge on any atom is -0.370 e. The molecule has 17 heavy (non-hydrogen) atoms. The number of urea groups is 1. The molecule has 0 atom stereocenters. The van der Waals surface area contributed by atoms with Gasteiger partial charge in [0.15, 0.2) is 5.96 Å². The standard InChI is InChI=1S/C12H18N4O/c1-7(2)9-4-5-10(8(3)6-9)15-12(17)16-11(13)14/h4-7H,1-3H3,(H5,13,14,15,16,17). The van der Waals surface area contributed by atoms with Gasteiger partial charge < -0.3 is 11.1 Å². The fraction of sp³-hybridized carbons (Fsp3) is 0.333. The van der Waals surface area contributed by atoms with Gasteiger partial charge in [0.25, 0.3) is 0 Å². The van der Waals surface area contributed by atoms with Gasteiger partial charge in [0.05, 0.1) is 0 Å². The minimum absolute atomic E-state index is 0.376. The maximum atomic E-state index is 11.4. The van der Waals surface area contributed by atoms with Gasteiger partial charge in [-0.3, -0.25) is 10.7 Å². The first-order valence-corrected chi connectivity index (χ1v) is 5.42. The largest absolute Gasteiger partial charge is 0.370 e. The number of rotatable bonds is 2. The van der Waals surface area contributed by atoms with Gasteiger partial charge in [0.1, 0.15) is 0 Å². The summed E-state index contributed by atoms with van der Waals surface area (Å²) in [5, 5.41) is 11.7. The first-order valence-electron chi connectivity index (χ1n) is 5.42. The molecule has 1 rings (SSSR count). The Labute approximate surface area is 101 Å². The van der Waals surface area contributed by atoms with Gasteiger partial charge in [0, 0.05) is 5.69 Å². The number of carbonyl (C=O) groups excluding carboxylic acids is 1. The number of amides is 2. The van der Waals surface area contributed by atoms with Crippen molar-refractivity contribution >= 4 is 17.7 Å². The summed E-state index contributed by atoms with van der Waals surface area (Å²) in [5.41, 5.74) is 7.98. The number of nitrogens with one attached hydrogen (secondary N) is 3. The van der Waals surface area contributed by atoms with Crippen molar-refractivity contribution in [3.63, 3.8) is 0 Å². The summed E-state index contributed by atoms with van der Waals surface area (Å²) in [5.74, 6) is 0.0766. The molecule has 2 amide bonds. The van der Waals surface area contributed by atoms with Crippen LogP contribution in [0.5, 0.6) is 0 Å². The molecule has 0 radical (unpaired) electrons. The molecule has 0 heterocycles. The monoisotopic (exact) mass is 234 g/mol. The van der Waals surface area contributed by atoms with E-state index in [0.717, 1.165) is 5.56 Å². The molecule has 0 unspecified atom stereocenters. The van der Waals surface area contributed by atoms with Crippen LogP contribution in [0, 0.1) is 12.3 Å². The van der Waals surface area contributed by atoms with Crippen molar-refractivity contribution in [2.45, 2.75) is 26.7 Å². The van der Waals surface area contributed by atoms with Crippen molar-refractivity contribution in [2.24, 2.45) is 5.73 Å². The third-order valence-corrected chi connectivity index (χ3v) is 2.41. The highest BCUT2D eigenvalue weighted by molar-refractivity contribution is 6.01. The highest BCUT2D eigenvalue weighted by atomic mass is 16.2. The van der Waals surface area contributed by atoms with Crippen molar-refractivity contribution in [3.05, 3.63) is 29.3 Å². The SMILES string of the molecule is Cc1cc(C(C)C)ccc1NC(=O)NC(=N)N. The summed E-state index contributed by atoms with van der Waals surface area (Å²) >= 11 is 0. The van der Waals surface area contributed by atoms with Gasteiger partial charge in [-0.1, -0.05) is 26.0 Å². The molecule has 92 valence electrons. The topological polar surface area (TPSA) is 91.0 Å². The Hall–Kier alpha value is -2.04. The van der Waals surface area contributed by atoms with Gasteiger partial charge in [0.2, 0.25) is 0 Å². The first-order chi connectivity index (χ1) is 7.90. The molecule has 0 aliphatic carbocycles. The van der Waals surface area contributed by atoms with E-state index in [0.29, 0.717) is 11.6 Å². The summed E-state index contributed by atoms with van der Waals surface area (Å²) < 4.78 is 0. The molecule has 0 bridgehead atoms. The van der Waals surface area contributed by atoms with Gasteiger partial charge in [-0.2, -0.15) is 0 Å². The molecular weight excluding hydrogens is 216 g/mol. The van der Waals surface area contributed by atoms with Crippen LogP contribution in [-0.2, 0) is 0 Å². The van der Waals surface area contributed by atoms with E-state index in [1.165, 1.54) is 5.56 Å². The summed E-state index contributed by atoms with van der Waals surface area (Å²) in [7, 11) is 0. The van der Waals surface area contributed by atoms with Crippen molar-refractivity contribution in [2.75, 3.05) is 5.32 Å². The zero-order valence-electron chi connectivity index (χ0n) is 10.3. The molecule has 1 aromatic rings. The summed E-state index contributed by atoms with van der Waals surface area (Å²) in [6.07, 6.45) is 0. The molecular formula is C12H18N4O. The number of aryl methyl sites for hydroxylation is 1. The third-order valence-electron chi connectivity index (χ3n) is 2.41. The molecule has 5 heteroatoms. The average molecular weight is 234 g/mol. The number of hydrogen-bond donors (Lipinski definition) is 4. The fourth-order valence-corrected chi connectivity index (χ4v) is 1.46. The Morgan fingerprint density at radius 2 is 2.06 bits per heavy atom.